The molecule has 6 heteroatoms. The highest BCUT2D eigenvalue weighted by Crippen LogP contribution is 2.25. The molecule has 0 unspecified atom stereocenters. The third kappa shape index (κ3) is 2.99. The first-order chi connectivity index (χ1) is 11.5. The highest BCUT2D eigenvalue weighted by Gasteiger charge is 2.13. The molecule has 0 spiro atoms. The smallest absolute Gasteiger partial charge is 0.261 e. The fourth-order valence-electron chi connectivity index (χ4n) is 2.51. The largest absolute Gasteiger partial charge is 0.364 e. The summed E-state index contributed by atoms with van der Waals surface area (Å²) in [6.45, 7) is 3.67. The van der Waals surface area contributed by atoms with Crippen molar-refractivity contribution in [1.82, 2.24) is 14.8 Å². The molecule has 122 valence electrons. The quantitative estimate of drug-likeness (QED) is 0.778. The van der Waals surface area contributed by atoms with E-state index < -0.39 is 5.91 Å². The van der Waals surface area contributed by atoms with E-state index in [1.165, 1.54) is 12.3 Å². The first-order valence-corrected chi connectivity index (χ1v) is 7.55. The number of nitrogens with zero attached hydrogens (tertiary/aromatic N) is 2. The van der Waals surface area contributed by atoms with E-state index in [0.717, 1.165) is 16.8 Å². The summed E-state index contributed by atoms with van der Waals surface area (Å²) in [5.74, 6) is -0.429. The van der Waals surface area contributed by atoms with E-state index in [0.29, 0.717) is 11.4 Å². The highest BCUT2D eigenvalue weighted by molar-refractivity contribution is 6.04. The first kappa shape index (κ1) is 15.7. The molecule has 1 amide bonds. The zero-order valence-electron chi connectivity index (χ0n) is 13.8. The number of H-pyrrole nitrogens is 1. The van der Waals surface area contributed by atoms with Crippen molar-refractivity contribution in [2.75, 3.05) is 5.32 Å². The van der Waals surface area contributed by atoms with Gasteiger partial charge in [0.1, 0.15) is 5.56 Å². The van der Waals surface area contributed by atoms with Crippen molar-refractivity contribution in [2.45, 2.75) is 13.8 Å². The van der Waals surface area contributed by atoms with E-state index in [-0.39, 0.29) is 11.0 Å². The molecule has 1 aromatic carbocycles. The Hall–Kier alpha value is -3.15. The number of hydrogen-bond acceptors (Lipinski definition) is 3. The van der Waals surface area contributed by atoms with Crippen molar-refractivity contribution in [1.29, 1.82) is 0 Å². The lowest BCUT2D eigenvalue weighted by Crippen LogP contribution is -2.22. The Morgan fingerprint density at radius 1 is 1.21 bits per heavy atom. The van der Waals surface area contributed by atoms with Gasteiger partial charge in [-0.15, -0.1) is 0 Å². The summed E-state index contributed by atoms with van der Waals surface area (Å²) >= 11 is 0. The minimum atomic E-state index is -0.429. The van der Waals surface area contributed by atoms with Crippen molar-refractivity contribution in [2.24, 2.45) is 7.05 Å². The summed E-state index contributed by atoms with van der Waals surface area (Å²) < 4.78 is 1.76. The number of rotatable bonds is 3. The fourth-order valence-corrected chi connectivity index (χ4v) is 2.51. The summed E-state index contributed by atoms with van der Waals surface area (Å²) in [7, 11) is 1.86. The van der Waals surface area contributed by atoms with E-state index in [4.69, 9.17) is 0 Å². The van der Waals surface area contributed by atoms with Crippen molar-refractivity contribution in [3.63, 3.8) is 0 Å². The van der Waals surface area contributed by atoms with Crippen LogP contribution in [0.15, 0.2) is 47.5 Å². The molecule has 0 fully saturated rings. The molecule has 0 aliphatic heterocycles. The lowest BCUT2D eigenvalue weighted by Gasteiger charge is -2.11. The molecule has 0 saturated heterocycles. The predicted octanol–water partition coefficient (Wildman–Crippen LogP) is 2.64. The molecule has 0 saturated carbocycles. The number of anilines is 1. The van der Waals surface area contributed by atoms with Crippen molar-refractivity contribution in [3.05, 3.63) is 69.8 Å². The molecule has 24 heavy (non-hydrogen) atoms. The van der Waals surface area contributed by atoms with Gasteiger partial charge in [-0.2, -0.15) is 5.10 Å². The number of aromatic nitrogens is 3. The summed E-state index contributed by atoms with van der Waals surface area (Å²) in [6, 6.07) is 9.10. The summed E-state index contributed by atoms with van der Waals surface area (Å²) in [5, 5.41) is 6.98. The van der Waals surface area contributed by atoms with Crippen LogP contribution in [0.2, 0.25) is 0 Å². The second-order valence-electron chi connectivity index (χ2n) is 5.72. The molecule has 0 atom stereocenters. The third-order valence-corrected chi connectivity index (χ3v) is 3.90. The summed E-state index contributed by atoms with van der Waals surface area (Å²) in [5.41, 5.74) is 3.96. The van der Waals surface area contributed by atoms with E-state index >= 15 is 0 Å². The zero-order chi connectivity index (χ0) is 17.3. The number of pyridine rings is 1. The average Bonchev–Trinajstić information content (AvgIpc) is 2.95. The van der Waals surface area contributed by atoms with Crippen LogP contribution in [0.3, 0.4) is 0 Å². The molecule has 2 N–H and O–H groups in total. The van der Waals surface area contributed by atoms with Gasteiger partial charge in [0.2, 0.25) is 0 Å². The lowest BCUT2D eigenvalue weighted by atomic mass is 10.1. The van der Waals surface area contributed by atoms with Crippen LogP contribution in [0.5, 0.6) is 0 Å². The van der Waals surface area contributed by atoms with E-state index in [9.17, 15) is 9.59 Å². The molecule has 0 aliphatic carbocycles. The van der Waals surface area contributed by atoms with Gasteiger partial charge in [-0.1, -0.05) is 12.1 Å². The second kappa shape index (κ2) is 6.16. The predicted molar refractivity (Wildman–Crippen MR) is 93.1 cm³/mol. The minimum Gasteiger partial charge on any atom is -0.364 e. The number of amides is 1. The van der Waals surface area contributed by atoms with E-state index in [2.05, 4.69) is 15.4 Å². The number of aromatic amines is 1. The van der Waals surface area contributed by atoms with E-state index in [1.54, 1.807) is 17.8 Å². The van der Waals surface area contributed by atoms with Crippen LogP contribution in [-0.2, 0) is 7.05 Å². The van der Waals surface area contributed by atoms with Crippen molar-refractivity contribution in [3.8, 4) is 11.3 Å². The topological polar surface area (TPSA) is 79.8 Å². The Kier molecular flexibility index (Phi) is 4.04. The minimum absolute atomic E-state index is 0.0888. The van der Waals surface area contributed by atoms with Crippen LogP contribution < -0.4 is 10.7 Å². The molecule has 3 aromatic rings. The van der Waals surface area contributed by atoms with Gasteiger partial charge in [0, 0.05) is 42.5 Å². The molecular weight excluding hydrogens is 304 g/mol. The van der Waals surface area contributed by atoms with Gasteiger partial charge in [0.25, 0.3) is 5.91 Å². The van der Waals surface area contributed by atoms with Gasteiger partial charge in [0.05, 0.1) is 5.69 Å². The maximum atomic E-state index is 12.4. The molecule has 0 radical (unpaired) electrons. The average molecular weight is 322 g/mol. The summed E-state index contributed by atoms with van der Waals surface area (Å²) in [4.78, 5) is 27.3. The monoisotopic (exact) mass is 322 g/mol. The number of benzene rings is 1. The Labute approximate surface area is 139 Å². The van der Waals surface area contributed by atoms with Gasteiger partial charge in [-0.25, -0.2) is 0 Å². The van der Waals surface area contributed by atoms with Crippen LogP contribution in [0, 0.1) is 13.8 Å². The number of carbonyl (C=O) groups excluding carboxylic acids is 1. The number of aryl methyl sites for hydroxylation is 3. The zero-order valence-corrected chi connectivity index (χ0v) is 13.8. The molecule has 2 heterocycles. The Morgan fingerprint density at radius 2 is 2.00 bits per heavy atom. The van der Waals surface area contributed by atoms with Crippen molar-refractivity contribution >= 4 is 11.6 Å². The van der Waals surface area contributed by atoms with Crippen molar-refractivity contribution < 1.29 is 4.79 Å². The third-order valence-electron chi connectivity index (χ3n) is 3.90. The normalized spacial score (nSPS) is 10.6. The SMILES string of the molecule is Cc1cc(=O)c(C(=O)Nc2cc(-c3ccnn3C)ccc2C)c[nH]1. The summed E-state index contributed by atoms with van der Waals surface area (Å²) in [6.07, 6.45) is 3.16. The van der Waals surface area contributed by atoms with Gasteiger partial charge >= 0.3 is 0 Å². The Balaban J connectivity index is 1.93. The number of hydrogen-bond donors (Lipinski definition) is 2. The van der Waals surface area contributed by atoms with Crippen LogP contribution >= 0.6 is 0 Å². The number of nitrogens with one attached hydrogen (secondary N) is 2. The van der Waals surface area contributed by atoms with Crippen LogP contribution in [-0.4, -0.2) is 20.7 Å². The van der Waals surface area contributed by atoms with E-state index in [1.807, 2.05) is 38.2 Å². The highest BCUT2D eigenvalue weighted by atomic mass is 16.2. The standard InChI is InChI=1S/C18H18N4O2/c1-11-4-5-13(16-6-7-20-22(16)3)9-15(11)21-18(24)14-10-19-12(2)8-17(14)23/h4-10H,1-3H3,(H,19,23)(H,21,24). The van der Waals surface area contributed by atoms with Crippen LogP contribution in [0.4, 0.5) is 5.69 Å². The van der Waals surface area contributed by atoms with Gasteiger partial charge in [0.15, 0.2) is 5.43 Å². The fraction of sp³-hybridized carbons (Fsp3) is 0.167. The molecule has 0 bridgehead atoms. The number of carbonyl (C=O) groups is 1. The molecular formula is C18H18N4O2. The van der Waals surface area contributed by atoms with Gasteiger partial charge in [-0.3, -0.25) is 14.3 Å². The maximum absolute atomic E-state index is 12.4. The van der Waals surface area contributed by atoms with Crippen LogP contribution in [0.25, 0.3) is 11.3 Å². The molecule has 2 aromatic heterocycles. The first-order valence-electron chi connectivity index (χ1n) is 7.55. The van der Waals surface area contributed by atoms with Gasteiger partial charge < -0.3 is 10.3 Å². The molecule has 0 aliphatic rings. The molecule has 6 nitrogen and oxygen atoms in total. The second-order valence-corrected chi connectivity index (χ2v) is 5.72. The Bertz CT molecular complexity index is 969. The van der Waals surface area contributed by atoms with Gasteiger partial charge in [-0.05, 0) is 31.5 Å². The Morgan fingerprint density at radius 3 is 2.67 bits per heavy atom. The maximum Gasteiger partial charge on any atom is 0.261 e. The molecule has 3 rings (SSSR count). The lowest BCUT2D eigenvalue weighted by molar-refractivity contribution is 0.102. The van der Waals surface area contributed by atoms with Crippen LogP contribution in [0.1, 0.15) is 21.6 Å².